The monoisotopic (exact) mass is 462 g/mol. The molecule has 2 aliphatic rings. The van der Waals surface area contributed by atoms with Crippen LogP contribution in [0.4, 0.5) is 4.79 Å². The number of carbonyl (C=O) groups is 3. The molecule has 7 nitrogen and oxygen atoms in total. The van der Waals surface area contributed by atoms with E-state index in [0.29, 0.717) is 25.7 Å². The van der Waals surface area contributed by atoms with E-state index in [2.05, 4.69) is 24.0 Å². The van der Waals surface area contributed by atoms with E-state index in [0.717, 1.165) is 28.7 Å². The topological polar surface area (TPSA) is 95.9 Å². The van der Waals surface area contributed by atoms with Crippen LogP contribution < -0.4 is 5.32 Å². The van der Waals surface area contributed by atoms with Crippen molar-refractivity contribution in [2.45, 2.75) is 49.6 Å². The van der Waals surface area contributed by atoms with Crippen molar-refractivity contribution in [3.05, 3.63) is 72.3 Å². The van der Waals surface area contributed by atoms with Gasteiger partial charge in [-0.3, -0.25) is 4.79 Å². The summed E-state index contributed by atoms with van der Waals surface area (Å²) in [5.74, 6) is -1.54. The molecule has 0 heterocycles. The molecular formula is C27H30N2O5. The van der Waals surface area contributed by atoms with Gasteiger partial charge >= 0.3 is 12.1 Å². The Balaban J connectivity index is 1.44. The number of rotatable bonds is 9. The van der Waals surface area contributed by atoms with Gasteiger partial charge in [-0.2, -0.15) is 0 Å². The molecule has 0 aliphatic heterocycles. The number of amides is 2. The summed E-state index contributed by atoms with van der Waals surface area (Å²) in [5, 5.41) is 12.4. The summed E-state index contributed by atoms with van der Waals surface area (Å²) in [6.45, 7) is 3.82. The summed E-state index contributed by atoms with van der Waals surface area (Å²) in [7, 11) is 1.50. The van der Waals surface area contributed by atoms with Gasteiger partial charge in [0.15, 0.2) is 0 Å². The van der Waals surface area contributed by atoms with Gasteiger partial charge in [0, 0.05) is 13.0 Å². The highest BCUT2D eigenvalue weighted by molar-refractivity contribution is 5.91. The second kappa shape index (κ2) is 9.71. The number of carboxylic acid groups (broad SMARTS) is 1. The Labute approximate surface area is 199 Å². The molecule has 0 saturated heterocycles. The van der Waals surface area contributed by atoms with E-state index in [1.807, 2.05) is 36.4 Å². The Morgan fingerprint density at radius 1 is 1.15 bits per heavy atom. The molecule has 2 aromatic carbocycles. The number of allylic oxidation sites excluding steroid dienone is 1. The zero-order chi connectivity index (χ0) is 24.3. The maximum absolute atomic E-state index is 13.2. The van der Waals surface area contributed by atoms with Gasteiger partial charge in [-0.25, -0.2) is 9.59 Å². The number of benzene rings is 2. The minimum atomic E-state index is -1.20. The molecule has 2 aliphatic carbocycles. The van der Waals surface area contributed by atoms with Crippen molar-refractivity contribution in [3.8, 4) is 11.1 Å². The molecule has 2 amide bonds. The van der Waals surface area contributed by atoms with Crippen LogP contribution in [-0.2, 0) is 14.3 Å². The molecule has 1 unspecified atom stereocenters. The zero-order valence-corrected chi connectivity index (χ0v) is 19.3. The lowest BCUT2D eigenvalue weighted by Gasteiger charge is -2.45. The van der Waals surface area contributed by atoms with Crippen LogP contribution in [0.3, 0.4) is 0 Å². The lowest BCUT2D eigenvalue weighted by molar-refractivity contribution is -0.165. The van der Waals surface area contributed by atoms with Crippen molar-refractivity contribution in [1.29, 1.82) is 0 Å². The summed E-state index contributed by atoms with van der Waals surface area (Å²) in [6.07, 6.45) is 3.33. The van der Waals surface area contributed by atoms with Crippen LogP contribution >= 0.6 is 0 Å². The molecule has 178 valence electrons. The minimum Gasteiger partial charge on any atom is -0.479 e. The first-order valence-corrected chi connectivity index (χ1v) is 11.6. The molecule has 2 N–H and O–H groups in total. The van der Waals surface area contributed by atoms with Crippen molar-refractivity contribution in [2.75, 3.05) is 13.7 Å². The molecule has 7 heteroatoms. The molecule has 0 radical (unpaired) electrons. The number of ether oxygens (including phenoxy) is 1. The molecule has 0 aromatic heterocycles. The number of likely N-dealkylation sites (N-methyl/N-ethyl adjacent to an activating group) is 1. The van der Waals surface area contributed by atoms with Crippen molar-refractivity contribution in [2.24, 2.45) is 0 Å². The lowest BCUT2D eigenvalue weighted by atomic mass is 9.75. The van der Waals surface area contributed by atoms with Crippen LogP contribution in [0, 0.1) is 0 Å². The largest absolute Gasteiger partial charge is 0.479 e. The molecule has 0 spiro atoms. The number of carbonyl (C=O) groups excluding carboxylic acids is 2. The van der Waals surface area contributed by atoms with Gasteiger partial charge in [0.25, 0.3) is 0 Å². The van der Waals surface area contributed by atoms with Crippen molar-refractivity contribution < 1.29 is 24.2 Å². The number of fused-ring (bicyclic) bond motifs is 3. The third-order valence-corrected chi connectivity index (χ3v) is 7.14. The highest BCUT2D eigenvalue weighted by Crippen LogP contribution is 2.44. The third-order valence-electron chi connectivity index (χ3n) is 7.14. The van der Waals surface area contributed by atoms with Crippen LogP contribution in [-0.4, -0.2) is 53.2 Å². The highest BCUT2D eigenvalue weighted by atomic mass is 16.5. The number of hydrogen-bond donors (Lipinski definition) is 2. The lowest BCUT2D eigenvalue weighted by Crippen LogP contribution is -2.63. The number of aliphatic carboxylic acids is 1. The number of nitrogens with one attached hydrogen (secondary N) is 1. The molecule has 1 saturated carbocycles. The maximum Gasteiger partial charge on any atom is 0.407 e. The van der Waals surface area contributed by atoms with E-state index in [1.165, 1.54) is 11.9 Å². The Bertz CT molecular complexity index is 1060. The molecular weight excluding hydrogens is 432 g/mol. The van der Waals surface area contributed by atoms with Crippen LogP contribution in [0.15, 0.2) is 61.2 Å². The highest BCUT2D eigenvalue weighted by Gasteiger charge is 2.50. The maximum atomic E-state index is 13.2. The summed E-state index contributed by atoms with van der Waals surface area (Å²) < 4.78 is 5.59. The van der Waals surface area contributed by atoms with E-state index in [9.17, 15) is 19.5 Å². The van der Waals surface area contributed by atoms with Crippen molar-refractivity contribution in [1.82, 2.24) is 10.2 Å². The fraction of sp³-hybridized carbons (Fsp3) is 0.370. The Morgan fingerprint density at radius 2 is 1.74 bits per heavy atom. The average molecular weight is 463 g/mol. The smallest absolute Gasteiger partial charge is 0.407 e. The predicted molar refractivity (Wildman–Crippen MR) is 128 cm³/mol. The van der Waals surface area contributed by atoms with Gasteiger partial charge < -0.3 is 20.1 Å². The molecule has 1 atom stereocenters. The minimum absolute atomic E-state index is 0.0894. The standard InChI is InChI=1S/C27H30N2O5/c1-3-4-14-23(24(30)29(2)27(25(31)32)15-9-16-27)28-26(33)34-17-22-20-12-7-5-10-18(20)19-11-6-8-13-21(19)22/h3,5-8,10-13,22-23H,1,4,9,14-17H2,2H3,(H,28,33)(H,31,32). The van der Waals surface area contributed by atoms with Crippen molar-refractivity contribution >= 4 is 18.0 Å². The summed E-state index contributed by atoms with van der Waals surface area (Å²) in [6, 6.07) is 15.2. The van der Waals surface area contributed by atoms with Crippen molar-refractivity contribution in [3.63, 3.8) is 0 Å². The average Bonchev–Trinajstić information content (AvgIpc) is 3.12. The van der Waals surface area contributed by atoms with Gasteiger partial charge in [-0.05, 0) is 54.4 Å². The fourth-order valence-electron chi connectivity index (χ4n) is 4.97. The quantitative estimate of drug-likeness (QED) is 0.541. The third kappa shape index (κ3) is 4.18. The summed E-state index contributed by atoms with van der Waals surface area (Å²) >= 11 is 0. The van der Waals surface area contributed by atoms with Crippen LogP contribution in [0.5, 0.6) is 0 Å². The molecule has 4 rings (SSSR count). The number of nitrogens with zero attached hydrogens (tertiary/aromatic N) is 1. The van der Waals surface area contributed by atoms with E-state index >= 15 is 0 Å². The molecule has 1 fully saturated rings. The molecule has 2 aromatic rings. The normalized spacial score (nSPS) is 16.4. The molecule has 0 bridgehead atoms. The first-order valence-electron chi connectivity index (χ1n) is 11.6. The van der Waals surface area contributed by atoms with Gasteiger partial charge in [0.05, 0.1) is 0 Å². The zero-order valence-electron chi connectivity index (χ0n) is 19.3. The van der Waals surface area contributed by atoms with Gasteiger partial charge in [0.1, 0.15) is 18.2 Å². The van der Waals surface area contributed by atoms with Gasteiger partial charge in [-0.1, -0.05) is 54.6 Å². The van der Waals surface area contributed by atoms with Crippen LogP contribution in [0.25, 0.3) is 11.1 Å². The predicted octanol–water partition coefficient (Wildman–Crippen LogP) is 4.33. The van der Waals surface area contributed by atoms with Crippen LogP contribution in [0.2, 0.25) is 0 Å². The fourth-order valence-corrected chi connectivity index (χ4v) is 4.97. The Morgan fingerprint density at radius 3 is 2.24 bits per heavy atom. The number of hydrogen-bond acceptors (Lipinski definition) is 4. The summed E-state index contributed by atoms with van der Waals surface area (Å²) in [5.41, 5.74) is 3.26. The first-order chi connectivity index (χ1) is 16.4. The second-order valence-corrected chi connectivity index (χ2v) is 8.98. The first kappa shape index (κ1) is 23.5. The van der Waals surface area contributed by atoms with E-state index in [-0.39, 0.29) is 12.5 Å². The van der Waals surface area contributed by atoms with Gasteiger partial charge in [0.2, 0.25) is 5.91 Å². The second-order valence-electron chi connectivity index (χ2n) is 8.98. The number of alkyl carbamates (subject to hydrolysis) is 1. The molecule has 34 heavy (non-hydrogen) atoms. The van der Waals surface area contributed by atoms with E-state index < -0.39 is 29.6 Å². The van der Waals surface area contributed by atoms with E-state index in [1.54, 1.807) is 6.08 Å². The van der Waals surface area contributed by atoms with Crippen LogP contribution in [0.1, 0.15) is 49.1 Å². The number of carboxylic acids is 1. The Hall–Kier alpha value is -3.61. The Kier molecular flexibility index (Phi) is 6.72. The van der Waals surface area contributed by atoms with E-state index in [4.69, 9.17) is 4.74 Å². The summed E-state index contributed by atoms with van der Waals surface area (Å²) in [4.78, 5) is 39.0. The van der Waals surface area contributed by atoms with Gasteiger partial charge in [-0.15, -0.1) is 6.58 Å². The SMILES string of the molecule is C=CCCC(NC(=O)OCC1c2ccccc2-c2ccccc21)C(=O)N(C)C1(C(=O)O)CCC1.